The van der Waals surface area contributed by atoms with Crippen LogP contribution in [0.4, 0.5) is 0 Å². The molecule has 0 radical (unpaired) electrons. The number of allylic oxidation sites excluding steroid dienone is 4. The van der Waals surface area contributed by atoms with Crippen molar-refractivity contribution in [3.05, 3.63) is 83.3 Å². The van der Waals surface area contributed by atoms with Gasteiger partial charge in [-0.15, -0.1) is 0 Å². The molecule has 0 heterocycles. The third kappa shape index (κ3) is 5.29. The monoisotopic (exact) mass is 412 g/mol. The van der Waals surface area contributed by atoms with Crippen molar-refractivity contribution in [2.24, 2.45) is 5.41 Å². The number of hydrogen-bond donors (Lipinski definition) is 0. The van der Waals surface area contributed by atoms with Crippen LogP contribution in [0.25, 0.3) is 6.08 Å². The summed E-state index contributed by atoms with van der Waals surface area (Å²) >= 11 is 0. The molecule has 0 saturated heterocycles. The predicted octanol–water partition coefficient (Wildman–Crippen LogP) is 4.98. The minimum atomic E-state index is -3.85. The van der Waals surface area contributed by atoms with Crippen molar-refractivity contribution in [2.45, 2.75) is 13.3 Å². The highest BCUT2D eigenvalue weighted by Gasteiger charge is 2.26. The fourth-order valence-corrected chi connectivity index (χ4v) is 3.88. The Hall–Kier alpha value is -2.99. The van der Waals surface area contributed by atoms with Gasteiger partial charge in [0.25, 0.3) is 0 Å². The number of rotatable bonds is 7. The van der Waals surface area contributed by atoms with Crippen LogP contribution in [0.15, 0.2) is 77.7 Å². The van der Waals surface area contributed by atoms with Crippen molar-refractivity contribution in [1.29, 1.82) is 0 Å². The van der Waals surface area contributed by atoms with Crippen LogP contribution >= 0.6 is 0 Å². The van der Waals surface area contributed by atoms with Gasteiger partial charge in [-0.2, -0.15) is 8.42 Å². The second-order valence-electron chi connectivity index (χ2n) is 6.98. The molecular weight excluding hydrogens is 388 g/mol. The van der Waals surface area contributed by atoms with E-state index in [1.54, 1.807) is 56.7 Å². The van der Waals surface area contributed by atoms with Crippen molar-refractivity contribution in [1.82, 2.24) is 0 Å². The standard InChI is InChI=1S/C23H24O5S/c1-23(12-9-18-15-20(26-2)17-21(16-18)27-3)13-10-22(11-14-23)29(24,25)28-19-7-5-4-6-8-19/h4-13,15-17H,14H2,1-3H3/b12-9+. The minimum Gasteiger partial charge on any atom is -0.497 e. The molecule has 0 bridgehead atoms. The third-order valence-corrected chi connectivity index (χ3v) is 5.93. The van der Waals surface area contributed by atoms with Gasteiger partial charge in [0.2, 0.25) is 0 Å². The highest BCUT2D eigenvalue weighted by molar-refractivity contribution is 7.91. The van der Waals surface area contributed by atoms with Crippen molar-refractivity contribution >= 4 is 16.2 Å². The summed E-state index contributed by atoms with van der Waals surface area (Å²) in [6.07, 6.45) is 9.71. The second kappa shape index (κ2) is 8.57. The zero-order chi connectivity index (χ0) is 20.9. The summed E-state index contributed by atoms with van der Waals surface area (Å²) in [5.74, 6) is 1.71. The van der Waals surface area contributed by atoms with E-state index in [0.29, 0.717) is 23.7 Å². The van der Waals surface area contributed by atoms with E-state index in [1.807, 2.05) is 43.4 Å². The summed E-state index contributed by atoms with van der Waals surface area (Å²) in [6.45, 7) is 2.04. The lowest BCUT2D eigenvalue weighted by atomic mass is 9.83. The lowest BCUT2D eigenvalue weighted by Crippen LogP contribution is -2.17. The van der Waals surface area contributed by atoms with Crippen molar-refractivity contribution in [3.8, 4) is 17.2 Å². The Balaban J connectivity index is 1.74. The molecule has 1 aliphatic carbocycles. The SMILES string of the molecule is COc1cc(/C=C/C2(C)C=CC(S(=O)(=O)Oc3ccccc3)=CC2)cc(OC)c1. The van der Waals surface area contributed by atoms with Gasteiger partial charge in [-0.1, -0.05) is 49.4 Å². The fraction of sp³-hybridized carbons (Fsp3) is 0.217. The quantitative estimate of drug-likeness (QED) is 0.601. The highest BCUT2D eigenvalue weighted by atomic mass is 32.2. The molecule has 1 unspecified atom stereocenters. The van der Waals surface area contributed by atoms with Gasteiger partial charge in [0, 0.05) is 11.5 Å². The molecule has 5 nitrogen and oxygen atoms in total. The first kappa shape index (κ1) is 20.7. The van der Waals surface area contributed by atoms with E-state index in [4.69, 9.17) is 13.7 Å². The molecule has 2 aromatic carbocycles. The maximum Gasteiger partial charge on any atom is 0.338 e. The van der Waals surface area contributed by atoms with Crippen LogP contribution in [-0.2, 0) is 10.1 Å². The van der Waals surface area contributed by atoms with E-state index in [-0.39, 0.29) is 10.3 Å². The maximum atomic E-state index is 12.5. The molecule has 152 valence electrons. The average molecular weight is 413 g/mol. The summed E-state index contributed by atoms with van der Waals surface area (Å²) < 4.78 is 40.8. The Kier molecular flexibility index (Phi) is 6.13. The molecule has 0 aromatic heterocycles. The van der Waals surface area contributed by atoms with Gasteiger partial charge in [-0.25, -0.2) is 0 Å². The smallest absolute Gasteiger partial charge is 0.338 e. The molecule has 0 N–H and O–H groups in total. The topological polar surface area (TPSA) is 61.8 Å². The van der Waals surface area contributed by atoms with Gasteiger partial charge in [0.05, 0.1) is 14.2 Å². The van der Waals surface area contributed by atoms with E-state index in [1.165, 1.54) is 0 Å². The largest absolute Gasteiger partial charge is 0.497 e. The first-order chi connectivity index (χ1) is 13.8. The molecule has 0 spiro atoms. The lowest BCUT2D eigenvalue weighted by Gasteiger charge is -2.24. The molecule has 1 aliphatic rings. The van der Waals surface area contributed by atoms with Gasteiger partial charge >= 0.3 is 10.1 Å². The summed E-state index contributed by atoms with van der Waals surface area (Å²) in [5.41, 5.74) is 0.618. The molecule has 3 rings (SSSR count). The summed E-state index contributed by atoms with van der Waals surface area (Å²) in [4.78, 5) is 0.162. The third-order valence-electron chi connectivity index (χ3n) is 4.64. The van der Waals surface area contributed by atoms with E-state index in [2.05, 4.69) is 0 Å². The molecule has 2 aromatic rings. The Morgan fingerprint density at radius 2 is 1.62 bits per heavy atom. The van der Waals surface area contributed by atoms with E-state index >= 15 is 0 Å². The molecule has 0 saturated carbocycles. The molecule has 0 amide bonds. The first-order valence-electron chi connectivity index (χ1n) is 9.15. The maximum absolute atomic E-state index is 12.5. The van der Waals surface area contributed by atoms with E-state index < -0.39 is 10.1 Å². The molecule has 29 heavy (non-hydrogen) atoms. The molecule has 0 fully saturated rings. The number of benzene rings is 2. The van der Waals surface area contributed by atoms with Crippen LogP contribution in [-0.4, -0.2) is 22.6 Å². The zero-order valence-electron chi connectivity index (χ0n) is 16.7. The average Bonchev–Trinajstić information content (AvgIpc) is 2.73. The van der Waals surface area contributed by atoms with Crippen LogP contribution in [0.2, 0.25) is 0 Å². The van der Waals surface area contributed by atoms with Crippen LogP contribution in [0.1, 0.15) is 18.9 Å². The van der Waals surface area contributed by atoms with Crippen LogP contribution < -0.4 is 13.7 Å². The van der Waals surface area contributed by atoms with E-state index in [9.17, 15) is 8.42 Å². The number of ether oxygens (including phenoxy) is 2. The van der Waals surface area contributed by atoms with Crippen LogP contribution in [0, 0.1) is 5.41 Å². The Morgan fingerprint density at radius 3 is 2.17 bits per heavy atom. The Morgan fingerprint density at radius 1 is 0.966 bits per heavy atom. The normalized spacial score (nSPS) is 19.1. The first-order valence-corrected chi connectivity index (χ1v) is 10.6. The fourth-order valence-electron chi connectivity index (χ4n) is 2.90. The highest BCUT2D eigenvalue weighted by Crippen LogP contribution is 2.34. The number of hydrogen-bond acceptors (Lipinski definition) is 5. The summed E-state index contributed by atoms with van der Waals surface area (Å²) in [5, 5.41) is 0. The number of para-hydroxylation sites is 1. The molecule has 0 aliphatic heterocycles. The van der Waals surface area contributed by atoms with Crippen LogP contribution in [0.5, 0.6) is 17.2 Å². The molecule has 1 atom stereocenters. The predicted molar refractivity (Wildman–Crippen MR) is 115 cm³/mol. The van der Waals surface area contributed by atoms with Gasteiger partial charge in [0.1, 0.15) is 22.2 Å². The van der Waals surface area contributed by atoms with Gasteiger partial charge in [0.15, 0.2) is 0 Å². The molecule has 6 heteroatoms. The zero-order valence-corrected chi connectivity index (χ0v) is 17.5. The van der Waals surface area contributed by atoms with Crippen molar-refractivity contribution in [3.63, 3.8) is 0 Å². The summed E-state index contributed by atoms with van der Waals surface area (Å²) in [6, 6.07) is 14.1. The Labute approximate surface area is 172 Å². The van der Waals surface area contributed by atoms with Crippen molar-refractivity contribution in [2.75, 3.05) is 14.2 Å². The van der Waals surface area contributed by atoms with Crippen molar-refractivity contribution < 1.29 is 22.1 Å². The second-order valence-corrected chi connectivity index (χ2v) is 8.53. The van der Waals surface area contributed by atoms with Gasteiger partial charge in [-0.3, -0.25) is 0 Å². The minimum absolute atomic E-state index is 0.162. The van der Waals surface area contributed by atoms with Gasteiger partial charge in [-0.05, 0) is 42.3 Å². The Bertz CT molecular complexity index is 1030. The number of methoxy groups -OCH3 is 2. The summed E-state index contributed by atoms with van der Waals surface area (Å²) in [7, 11) is -0.637. The van der Waals surface area contributed by atoms with E-state index in [0.717, 1.165) is 5.56 Å². The lowest BCUT2D eigenvalue weighted by molar-refractivity contribution is 0.394. The molecular formula is C23H24O5S. The van der Waals surface area contributed by atoms with Crippen LogP contribution in [0.3, 0.4) is 0 Å². The van der Waals surface area contributed by atoms with Gasteiger partial charge < -0.3 is 13.7 Å².